The Bertz CT molecular complexity index is 660. The molecule has 2 rings (SSSR count). The van der Waals surface area contributed by atoms with Crippen LogP contribution in [0.25, 0.3) is 0 Å². The van der Waals surface area contributed by atoms with Gasteiger partial charge in [-0.3, -0.25) is 14.8 Å². The molecule has 108 valence electrons. The molecule has 0 aliphatic rings. The van der Waals surface area contributed by atoms with Gasteiger partial charge in [0.05, 0.1) is 23.1 Å². The SMILES string of the molecule is C[C@@H](SCCn1cc([N+](=O)[O-])cn1)c1ccc(C#N)cc1. The van der Waals surface area contributed by atoms with Crippen molar-refractivity contribution in [1.82, 2.24) is 9.78 Å². The summed E-state index contributed by atoms with van der Waals surface area (Å²) in [6, 6.07) is 9.62. The van der Waals surface area contributed by atoms with Crippen LogP contribution in [-0.4, -0.2) is 20.5 Å². The number of hydrogen-bond acceptors (Lipinski definition) is 5. The molecule has 0 amide bonds. The Morgan fingerprint density at radius 1 is 1.48 bits per heavy atom. The summed E-state index contributed by atoms with van der Waals surface area (Å²) in [5.41, 5.74) is 1.82. The number of rotatable bonds is 6. The number of nitriles is 1. The highest BCUT2D eigenvalue weighted by molar-refractivity contribution is 7.99. The Balaban J connectivity index is 1.84. The first-order valence-corrected chi connectivity index (χ1v) is 7.43. The first kappa shape index (κ1) is 15.1. The molecule has 0 radical (unpaired) electrons. The lowest BCUT2D eigenvalue weighted by atomic mass is 10.1. The third-order valence-electron chi connectivity index (χ3n) is 3.03. The van der Waals surface area contributed by atoms with Crippen LogP contribution in [0.3, 0.4) is 0 Å². The average Bonchev–Trinajstić information content (AvgIpc) is 2.96. The molecule has 1 aromatic heterocycles. The molecule has 0 fully saturated rings. The monoisotopic (exact) mass is 302 g/mol. The lowest BCUT2D eigenvalue weighted by molar-refractivity contribution is -0.385. The summed E-state index contributed by atoms with van der Waals surface area (Å²) in [7, 11) is 0. The summed E-state index contributed by atoms with van der Waals surface area (Å²) in [6.45, 7) is 2.72. The predicted molar refractivity (Wildman–Crippen MR) is 80.9 cm³/mol. The normalized spacial score (nSPS) is 11.8. The highest BCUT2D eigenvalue weighted by Gasteiger charge is 2.10. The van der Waals surface area contributed by atoms with Gasteiger partial charge in [0.15, 0.2) is 0 Å². The molecule has 0 aliphatic carbocycles. The van der Waals surface area contributed by atoms with Gasteiger partial charge in [-0.15, -0.1) is 0 Å². The van der Waals surface area contributed by atoms with Crippen molar-refractivity contribution in [3.63, 3.8) is 0 Å². The van der Waals surface area contributed by atoms with Gasteiger partial charge in [0.25, 0.3) is 0 Å². The quantitative estimate of drug-likeness (QED) is 0.604. The summed E-state index contributed by atoms with van der Waals surface area (Å²) in [4.78, 5) is 10.1. The molecule has 2 aromatic rings. The summed E-state index contributed by atoms with van der Waals surface area (Å²) in [5, 5.41) is 23.6. The maximum absolute atomic E-state index is 10.6. The van der Waals surface area contributed by atoms with Crippen molar-refractivity contribution in [3.8, 4) is 6.07 Å². The third-order valence-corrected chi connectivity index (χ3v) is 4.22. The summed E-state index contributed by atoms with van der Waals surface area (Å²) < 4.78 is 1.58. The highest BCUT2D eigenvalue weighted by atomic mass is 32.2. The van der Waals surface area contributed by atoms with E-state index in [1.807, 2.05) is 24.3 Å². The molecule has 1 aromatic carbocycles. The molecule has 6 nitrogen and oxygen atoms in total. The van der Waals surface area contributed by atoms with E-state index in [-0.39, 0.29) is 5.69 Å². The molecule has 0 N–H and O–H groups in total. The van der Waals surface area contributed by atoms with Crippen molar-refractivity contribution in [1.29, 1.82) is 5.26 Å². The van der Waals surface area contributed by atoms with Crippen molar-refractivity contribution in [2.75, 3.05) is 5.75 Å². The van der Waals surface area contributed by atoms with Gasteiger partial charge in [0.2, 0.25) is 0 Å². The van der Waals surface area contributed by atoms with Gasteiger partial charge in [-0.1, -0.05) is 12.1 Å². The highest BCUT2D eigenvalue weighted by Crippen LogP contribution is 2.28. The molecule has 0 saturated carbocycles. The van der Waals surface area contributed by atoms with Gasteiger partial charge in [0, 0.05) is 11.0 Å². The van der Waals surface area contributed by atoms with Crippen LogP contribution in [0.15, 0.2) is 36.7 Å². The Morgan fingerprint density at radius 2 is 2.19 bits per heavy atom. The average molecular weight is 302 g/mol. The molecule has 0 aliphatic heterocycles. The van der Waals surface area contributed by atoms with Gasteiger partial charge in [-0.25, -0.2) is 0 Å². The minimum Gasteiger partial charge on any atom is -0.265 e. The molecular formula is C14H14N4O2S. The predicted octanol–water partition coefficient (Wildman–Crippen LogP) is 3.16. The maximum Gasteiger partial charge on any atom is 0.306 e. The number of benzene rings is 1. The number of aryl methyl sites for hydroxylation is 1. The van der Waals surface area contributed by atoms with E-state index in [9.17, 15) is 10.1 Å². The van der Waals surface area contributed by atoms with Gasteiger partial charge in [-0.2, -0.15) is 22.1 Å². The smallest absolute Gasteiger partial charge is 0.265 e. The number of thioether (sulfide) groups is 1. The Hall–Kier alpha value is -2.33. The first-order chi connectivity index (χ1) is 10.1. The molecule has 0 bridgehead atoms. The van der Waals surface area contributed by atoms with Crippen molar-refractivity contribution >= 4 is 17.4 Å². The van der Waals surface area contributed by atoms with Crippen LogP contribution in [0.4, 0.5) is 5.69 Å². The van der Waals surface area contributed by atoms with Crippen LogP contribution >= 0.6 is 11.8 Å². The zero-order chi connectivity index (χ0) is 15.2. The van der Waals surface area contributed by atoms with E-state index in [0.717, 1.165) is 11.3 Å². The largest absolute Gasteiger partial charge is 0.306 e. The molecule has 1 heterocycles. The third kappa shape index (κ3) is 4.07. The topological polar surface area (TPSA) is 84.8 Å². The van der Waals surface area contributed by atoms with Gasteiger partial charge < -0.3 is 0 Å². The van der Waals surface area contributed by atoms with E-state index < -0.39 is 4.92 Å². The van der Waals surface area contributed by atoms with E-state index in [0.29, 0.717) is 17.4 Å². The fourth-order valence-electron chi connectivity index (χ4n) is 1.82. The van der Waals surface area contributed by atoms with Gasteiger partial charge >= 0.3 is 5.69 Å². The van der Waals surface area contributed by atoms with Crippen LogP contribution in [0.1, 0.15) is 23.3 Å². The van der Waals surface area contributed by atoms with E-state index in [1.54, 1.807) is 16.4 Å². The van der Waals surface area contributed by atoms with Crippen molar-refractivity contribution in [2.24, 2.45) is 0 Å². The van der Waals surface area contributed by atoms with Gasteiger partial charge in [0.1, 0.15) is 12.4 Å². The second-order valence-electron chi connectivity index (χ2n) is 4.47. The minimum atomic E-state index is -0.448. The standard InChI is InChI=1S/C14H14N4O2S/c1-11(13-4-2-12(8-15)3-5-13)21-7-6-17-10-14(9-16-17)18(19)20/h2-5,9-11H,6-7H2,1H3/t11-/m1/s1. The van der Waals surface area contributed by atoms with E-state index in [1.165, 1.54) is 12.4 Å². The van der Waals surface area contributed by atoms with Crippen LogP contribution < -0.4 is 0 Å². The molecule has 21 heavy (non-hydrogen) atoms. The minimum absolute atomic E-state index is 0.0140. The number of aromatic nitrogens is 2. The van der Waals surface area contributed by atoms with E-state index in [2.05, 4.69) is 18.1 Å². The van der Waals surface area contributed by atoms with E-state index in [4.69, 9.17) is 5.26 Å². The summed E-state index contributed by atoms with van der Waals surface area (Å²) in [6.07, 6.45) is 2.70. The Kier molecular flexibility index (Phi) is 4.95. The van der Waals surface area contributed by atoms with Crippen molar-refractivity contribution < 1.29 is 4.92 Å². The molecule has 1 atom stereocenters. The van der Waals surface area contributed by atoms with Gasteiger partial charge in [-0.05, 0) is 24.6 Å². The maximum atomic E-state index is 10.6. The summed E-state index contributed by atoms with van der Waals surface area (Å²) >= 11 is 1.74. The first-order valence-electron chi connectivity index (χ1n) is 6.38. The molecule has 0 spiro atoms. The molecular weight excluding hydrogens is 288 g/mol. The lowest BCUT2D eigenvalue weighted by Crippen LogP contribution is -2.02. The number of nitro groups is 1. The van der Waals surface area contributed by atoms with Crippen LogP contribution in [0, 0.1) is 21.4 Å². The summed E-state index contributed by atoms with van der Waals surface area (Å²) in [5.74, 6) is 0.806. The fraction of sp³-hybridized carbons (Fsp3) is 0.286. The van der Waals surface area contributed by atoms with E-state index >= 15 is 0 Å². The zero-order valence-electron chi connectivity index (χ0n) is 11.5. The Labute approximate surface area is 126 Å². The zero-order valence-corrected chi connectivity index (χ0v) is 12.3. The lowest BCUT2D eigenvalue weighted by Gasteiger charge is -2.11. The number of nitrogens with zero attached hydrogens (tertiary/aromatic N) is 4. The second kappa shape index (κ2) is 6.90. The molecule has 0 unspecified atom stereocenters. The second-order valence-corrected chi connectivity index (χ2v) is 5.91. The van der Waals surface area contributed by atoms with Crippen LogP contribution in [-0.2, 0) is 6.54 Å². The molecule has 0 saturated heterocycles. The fourth-order valence-corrected chi connectivity index (χ4v) is 2.81. The number of hydrogen-bond donors (Lipinski definition) is 0. The van der Waals surface area contributed by atoms with Crippen LogP contribution in [0.2, 0.25) is 0 Å². The van der Waals surface area contributed by atoms with Crippen molar-refractivity contribution in [2.45, 2.75) is 18.7 Å². The molecule has 7 heteroatoms. The van der Waals surface area contributed by atoms with Crippen molar-refractivity contribution in [3.05, 3.63) is 57.9 Å². The van der Waals surface area contributed by atoms with Crippen LogP contribution in [0.5, 0.6) is 0 Å². The Morgan fingerprint density at radius 3 is 2.76 bits per heavy atom.